The molecule has 0 radical (unpaired) electrons. The average molecular weight is 254 g/mol. The van der Waals surface area contributed by atoms with Gasteiger partial charge in [-0.25, -0.2) is 4.39 Å². The number of fused-ring (bicyclic) bond motifs is 1. The summed E-state index contributed by atoms with van der Waals surface area (Å²) in [7, 11) is 0. The minimum atomic E-state index is -0.618. The van der Waals surface area contributed by atoms with Gasteiger partial charge in [-0.05, 0) is 18.6 Å². The van der Waals surface area contributed by atoms with Crippen LogP contribution in [0.2, 0.25) is 0 Å². The predicted molar refractivity (Wildman–Crippen MR) is 70.8 cm³/mol. The van der Waals surface area contributed by atoms with E-state index in [0.29, 0.717) is 10.1 Å². The Labute approximate surface area is 103 Å². The number of aryl methyl sites for hydroxylation is 1. The number of primary amides is 1. The van der Waals surface area contributed by atoms with Gasteiger partial charge < -0.3 is 11.5 Å². The van der Waals surface area contributed by atoms with Crippen LogP contribution < -0.4 is 11.5 Å². The third-order valence-corrected chi connectivity index (χ3v) is 3.30. The molecule has 2 aromatic rings. The number of nitrogens with two attached hydrogens (primary N) is 2. The molecule has 1 heterocycles. The van der Waals surface area contributed by atoms with E-state index in [9.17, 15) is 9.18 Å². The predicted octanol–water partition coefficient (Wildman–Crippen LogP) is 3.06. The smallest absolute Gasteiger partial charge is 0.252 e. The van der Waals surface area contributed by atoms with Crippen LogP contribution in [-0.2, 0) is 0 Å². The summed E-state index contributed by atoms with van der Waals surface area (Å²) in [4.78, 5) is 11.2. The third-order valence-electron chi connectivity index (χ3n) is 2.27. The zero-order valence-corrected chi connectivity index (χ0v) is 10.8. The molecule has 1 aromatic carbocycles. The molecule has 0 spiro atoms. The Morgan fingerprint density at radius 1 is 1.35 bits per heavy atom. The van der Waals surface area contributed by atoms with Gasteiger partial charge in [0, 0.05) is 5.39 Å². The highest BCUT2D eigenvalue weighted by Gasteiger charge is 2.18. The molecule has 4 N–H and O–H groups in total. The van der Waals surface area contributed by atoms with E-state index >= 15 is 0 Å². The van der Waals surface area contributed by atoms with Crippen molar-refractivity contribution in [1.82, 2.24) is 0 Å². The van der Waals surface area contributed by atoms with Crippen LogP contribution in [0.25, 0.3) is 10.1 Å². The summed E-state index contributed by atoms with van der Waals surface area (Å²) in [5, 5.41) is 0.802. The van der Waals surface area contributed by atoms with Crippen LogP contribution >= 0.6 is 11.3 Å². The fraction of sp³-hybridized carbons (Fsp3) is 0.250. The summed E-state index contributed by atoms with van der Waals surface area (Å²) in [6, 6.07) is 2.97. The van der Waals surface area contributed by atoms with Gasteiger partial charge >= 0.3 is 0 Å². The molecule has 0 aliphatic heterocycles. The summed E-state index contributed by atoms with van der Waals surface area (Å²) in [5.74, 6) is -0.993. The van der Waals surface area contributed by atoms with Crippen molar-refractivity contribution in [3.63, 3.8) is 0 Å². The van der Waals surface area contributed by atoms with Gasteiger partial charge in [-0.1, -0.05) is 19.9 Å². The fourth-order valence-electron chi connectivity index (χ4n) is 1.59. The zero-order chi connectivity index (χ0) is 13.2. The van der Waals surface area contributed by atoms with Crippen molar-refractivity contribution in [2.75, 3.05) is 5.73 Å². The SMILES string of the molecule is CC.Cc1ccc(F)c2sc(N)c(C(N)=O)c12. The summed E-state index contributed by atoms with van der Waals surface area (Å²) in [6.07, 6.45) is 0. The number of nitrogen functional groups attached to an aromatic ring is 1. The molecular formula is C12H15FN2OS. The number of rotatable bonds is 1. The molecule has 2 rings (SSSR count). The van der Waals surface area contributed by atoms with Gasteiger partial charge in [0.05, 0.1) is 15.3 Å². The normalized spacial score (nSPS) is 9.88. The lowest BCUT2D eigenvalue weighted by molar-refractivity contribution is 0.100. The van der Waals surface area contributed by atoms with E-state index in [-0.39, 0.29) is 16.4 Å². The van der Waals surface area contributed by atoms with Gasteiger partial charge in [0.2, 0.25) is 0 Å². The molecule has 0 bridgehead atoms. The molecule has 0 aliphatic carbocycles. The quantitative estimate of drug-likeness (QED) is 0.821. The van der Waals surface area contributed by atoms with Crippen LogP contribution in [0.5, 0.6) is 0 Å². The molecule has 0 saturated carbocycles. The van der Waals surface area contributed by atoms with E-state index in [1.165, 1.54) is 6.07 Å². The Kier molecular flexibility index (Phi) is 4.07. The number of hydrogen-bond acceptors (Lipinski definition) is 3. The minimum absolute atomic E-state index is 0.229. The molecule has 92 valence electrons. The maximum Gasteiger partial charge on any atom is 0.252 e. The molecule has 1 aromatic heterocycles. The van der Waals surface area contributed by atoms with Gasteiger partial charge in [0.1, 0.15) is 5.82 Å². The molecule has 5 heteroatoms. The van der Waals surface area contributed by atoms with E-state index in [4.69, 9.17) is 11.5 Å². The number of amides is 1. The Morgan fingerprint density at radius 2 is 1.94 bits per heavy atom. The second-order valence-corrected chi connectivity index (χ2v) is 4.33. The van der Waals surface area contributed by atoms with E-state index in [1.54, 1.807) is 13.0 Å². The van der Waals surface area contributed by atoms with Crippen LogP contribution in [0.4, 0.5) is 9.39 Å². The highest BCUT2D eigenvalue weighted by atomic mass is 32.1. The summed E-state index contributed by atoms with van der Waals surface area (Å²) in [6.45, 7) is 5.79. The maximum absolute atomic E-state index is 13.4. The first kappa shape index (κ1) is 13.4. The molecule has 0 fully saturated rings. The highest BCUT2D eigenvalue weighted by Crippen LogP contribution is 2.36. The van der Waals surface area contributed by atoms with E-state index < -0.39 is 5.91 Å². The molecule has 0 aliphatic rings. The lowest BCUT2D eigenvalue weighted by atomic mass is 10.1. The molecular weight excluding hydrogens is 239 g/mol. The largest absolute Gasteiger partial charge is 0.390 e. The number of carbonyl (C=O) groups is 1. The lowest BCUT2D eigenvalue weighted by Gasteiger charge is -1.99. The standard InChI is InChI=1S/C10H9FN2OS.C2H6/c1-4-2-3-5(11)8-6(4)7(9(12)14)10(13)15-8;1-2/h2-3H,13H2,1H3,(H2,12,14);1-2H3. The van der Waals surface area contributed by atoms with Crippen molar-refractivity contribution < 1.29 is 9.18 Å². The van der Waals surface area contributed by atoms with Crippen molar-refractivity contribution in [2.24, 2.45) is 5.73 Å². The summed E-state index contributed by atoms with van der Waals surface area (Å²) >= 11 is 1.05. The van der Waals surface area contributed by atoms with Gasteiger partial charge in [-0.3, -0.25) is 4.79 Å². The first-order chi connectivity index (χ1) is 8.02. The molecule has 0 unspecified atom stereocenters. The Morgan fingerprint density at radius 3 is 2.47 bits per heavy atom. The van der Waals surface area contributed by atoms with Gasteiger partial charge in [-0.2, -0.15) is 0 Å². The van der Waals surface area contributed by atoms with E-state index in [2.05, 4.69) is 0 Å². The molecule has 0 saturated heterocycles. The average Bonchev–Trinajstić information content (AvgIpc) is 2.65. The number of hydrogen-bond donors (Lipinski definition) is 2. The van der Waals surface area contributed by atoms with Gasteiger partial charge in [-0.15, -0.1) is 11.3 Å². The van der Waals surface area contributed by atoms with Crippen molar-refractivity contribution in [3.05, 3.63) is 29.1 Å². The Bertz CT molecular complexity index is 563. The van der Waals surface area contributed by atoms with Crippen LogP contribution in [0, 0.1) is 12.7 Å². The number of carbonyl (C=O) groups excluding carboxylic acids is 1. The van der Waals surface area contributed by atoms with E-state index in [1.807, 2.05) is 13.8 Å². The number of benzene rings is 1. The first-order valence-electron chi connectivity index (χ1n) is 5.29. The second kappa shape index (κ2) is 5.14. The first-order valence-corrected chi connectivity index (χ1v) is 6.11. The fourth-order valence-corrected chi connectivity index (χ4v) is 2.65. The van der Waals surface area contributed by atoms with Crippen LogP contribution in [-0.4, -0.2) is 5.91 Å². The molecule has 1 amide bonds. The second-order valence-electron chi connectivity index (χ2n) is 3.27. The summed E-state index contributed by atoms with van der Waals surface area (Å²) < 4.78 is 13.8. The number of thiophene rings is 1. The van der Waals surface area contributed by atoms with E-state index in [0.717, 1.165) is 16.9 Å². The zero-order valence-electron chi connectivity index (χ0n) is 10.0. The molecule has 17 heavy (non-hydrogen) atoms. The lowest BCUT2D eigenvalue weighted by Crippen LogP contribution is -2.12. The summed E-state index contributed by atoms with van der Waals surface area (Å²) in [5.41, 5.74) is 11.9. The van der Waals surface area contributed by atoms with Crippen LogP contribution in [0.15, 0.2) is 12.1 Å². The number of halogens is 1. The Hall–Kier alpha value is -1.62. The van der Waals surface area contributed by atoms with Crippen LogP contribution in [0.1, 0.15) is 29.8 Å². The van der Waals surface area contributed by atoms with Crippen molar-refractivity contribution >= 4 is 32.3 Å². The van der Waals surface area contributed by atoms with Crippen molar-refractivity contribution in [2.45, 2.75) is 20.8 Å². The van der Waals surface area contributed by atoms with Crippen molar-refractivity contribution in [1.29, 1.82) is 0 Å². The monoisotopic (exact) mass is 254 g/mol. The minimum Gasteiger partial charge on any atom is -0.390 e. The topological polar surface area (TPSA) is 69.1 Å². The van der Waals surface area contributed by atoms with Crippen molar-refractivity contribution in [3.8, 4) is 0 Å². The third kappa shape index (κ3) is 2.24. The van der Waals surface area contributed by atoms with Crippen LogP contribution in [0.3, 0.4) is 0 Å². The van der Waals surface area contributed by atoms with Gasteiger partial charge in [0.25, 0.3) is 5.91 Å². The van der Waals surface area contributed by atoms with Gasteiger partial charge in [0.15, 0.2) is 0 Å². The molecule has 0 atom stereocenters. The maximum atomic E-state index is 13.4. The Balaban J connectivity index is 0.000000686. The highest BCUT2D eigenvalue weighted by molar-refractivity contribution is 7.23. The molecule has 3 nitrogen and oxygen atoms in total. The number of anilines is 1.